The minimum absolute atomic E-state index is 0.0980. The molecule has 0 radical (unpaired) electrons. The van der Waals surface area contributed by atoms with Crippen LogP contribution in [-0.4, -0.2) is 37.7 Å². The first-order valence-corrected chi connectivity index (χ1v) is 8.26. The number of aromatic amines is 1. The van der Waals surface area contributed by atoms with Crippen molar-refractivity contribution in [3.8, 4) is 0 Å². The van der Waals surface area contributed by atoms with E-state index in [9.17, 15) is 4.79 Å². The van der Waals surface area contributed by atoms with E-state index in [0.29, 0.717) is 23.6 Å². The van der Waals surface area contributed by atoms with Gasteiger partial charge in [-0.15, -0.1) is 0 Å². The molecule has 3 rings (SSSR count). The van der Waals surface area contributed by atoms with Crippen molar-refractivity contribution in [2.45, 2.75) is 57.5 Å². The fourth-order valence-corrected chi connectivity index (χ4v) is 3.39. The molecule has 1 saturated carbocycles. The Labute approximate surface area is 130 Å². The standard InChI is InChI=1S/C16H25N5O/c1-20(12-8-6-4-3-5-7-9-12)11-14-18-15-13(16(22)19-14)10-17-21(15)2/h10,12H,3-9,11H2,1-2H3,(H,18,19,22). The van der Waals surface area contributed by atoms with Crippen LogP contribution in [0.5, 0.6) is 0 Å². The average Bonchev–Trinajstić information content (AvgIpc) is 2.80. The van der Waals surface area contributed by atoms with E-state index in [4.69, 9.17) is 0 Å². The summed E-state index contributed by atoms with van der Waals surface area (Å²) in [6.45, 7) is 0.682. The SMILES string of the molecule is CN(Cc1nc2c(cnn2C)c(=O)[nH]1)C1CCCCCCC1. The minimum Gasteiger partial charge on any atom is -0.309 e. The van der Waals surface area contributed by atoms with Crippen molar-refractivity contribution in [3.05, 3.63) is 22.4 Å². The predicted octanol–water partition coefficient (Wildman–Crippen LogP) is 2.20. The number of aromatic nitrogens is 4. The van der Waals surface area contributed by atoms with Gasteiger partial charge in [0.05, 0.1) is 12.7 Å². The van der Waals surface area contributed by atoms with Crippen LogP contribution in [-0.2, 0) is 13.6 Å². The van der Waals surface area contributed by atoms with Crippen molar-refractivity contribution in [1.29, 1.82) is 0 Å². The minimum atomic E-state index is -0.0980. The highest BCUT2D eigenvalue weighted by Crippen LogP contribution is 2.21. The summed E-state index contributed by atoms with van der Waals surface area (Å²) in [5, 5.41) is 4.67. The molecule has 0 spiro atoms. The van der Waals surface area contributed by atoms with Crippen LogP contribution in [0.2, 0.25) is 0 Å². The van der Waals surface area contributed by atoms with Crippen LogP contribution in [0.4, 0.5) is 0 Å². The van der Waals surface area contributed by atoms with Crippen LogP contribution < -0.4 is 5.56 Å². The maximum Gasteiger partial charge on any atom is 0.262 e. The number of hydrogen-bond donors (Lipinski definition) is 1. The van der Waals surface area contributed by atoms with E-state index in [2.05, 4.69) is 27.0 Å². The van der Waals surface area contributed by atoms with E-state index in [1.807, 2.05) is 7.05 Å². The largest absolute Gasteiger partial charge is 0.309 e. The van der Waals surface area contributed by atoms with Gasteiger partial charge in [0.2, 0.25) is 0 Å². The molecule has 1 aliphatic rings. The molecule has 1 fully saturated rings. The maximum atomic E-state index is 12.1. The van der Waals surface area contributed by atoms with Gasteiger partial charge in [-0.3, -0.25) is 14.4 Å². The maximum absolute atomic E-state index is 12.1. The lowest BCUT2D eigenvalue weighted by Gasteiger charge is -2.29. The summed E-state index contributed by atoms with van der Waals surface area (Å²) >= 11 is 0. The molecule has 2 aromatic heterocycles. The van der Waals surface area contributed by atoms with Gasteiger partial charge in [0.25, 0.3) is 5.56 Å². The summed E-state index contributed by atoms with van der Waals surface area (Å²) in [7, 11) is 3.96. The van der Waals surface area contributed by atoms with Gasteiger partial charge in [-0.05, 0) is 19.9 Å². The Morgan fingerprint density at radius 2 is 1.95 bits per heavy atom. The van der Waals surface area contributed by atoms with Crippen LogP contribution in [0.3, 0.4) is 0 Å². The average molecular weight is 303 g/mol. The molecule has 6 heteroatoms. The summed E-state index contributed by atoms with van der Waals surface area (Å²) < 4.78 is 1.66. The quantitative estimate of drug-likeness (QED) is 0.944. The van der Waals surface area contributed by atoms with Crippen LogP contribution >= 0.6 is 0 Å². The normalized spacial score (nSPS) is 17.8. The Hall–Kier alpha value is -1.69. The lowest BCUT2D eigenvalue weighted by atomic mass is 9.96. The molecule has 2 aromatic rings. The molecule has 1 aliphatic carbocycles. The Morgan fingerprint density at radius 3 is 2.68 bits per heavy atom. The molecular formula is C16H25N5O. The molecule has 0 bridgehead atoms. The van der Waals surface area contributed by atoms with Gasteiger partial charge >= 0.3 is 0 Å². The monoisotopic (exact) mass is 303 g/mol. The molecule has 0 aromatic carbocycles. The van der Waals surface area contributed by atoms with Crippen LogP contribution in [0.1, 0.15) is 50.8 Å². The second kappa shape index (κ2) is 6.60. The van der Waals surface area contributed by atoms with E-state index < -0.39 is 0 Å². The number of H-pyrrole nitrogens is 1. The van der Waals surface area contributed by atoms with E-state index >= 15 is 0 Å². The fraction of sp³-hybridized carbons (Fsp3) is 0.688. The van der Waals surface area contributed by atoms with Gasteiger partial charge in [0, 0.05) is 13.1 Å². The van der Waals surface area contributed by atoms with Gasteiger partial charge in [0.15, 0.2) is 5.65 Å². The molecule has 0 aliphatic heterocycles. The lowest BCUT2D eigenvalue weighted by Crippen LogP contribution is -2.33. The topological polar surface area (TPSA) is 66.8 Å². The number of nitrogens with one attached hydrogen (secondary N) is 1. The van der Waals surface area contributed by atoms with E-state index in [1.54, 1.807) is 10.9 Å². The number of aryl methyl sites for hydroxylation is 1. The van der Waals surface area contributed by atoms with Gasteiger partial charge in [-0.2, -0.15) is 5.10 Å². The number of rotatable bonds is 3. The molecule has 2 heterocycles. The number of hydrogen-bond acceptors (Lipinski definition) is 4. The molecule has 6 nitrogen and oxygen atoms in total. The Bertz CT molecular complexity index is 681. The molecule has 120 valence electrons. The summed E-state index contributed by atoms with van der Waals surface area (Å²) in [5.41, 5.74) is 0.559. The van der Waals surface area contributed by atoms with Gasteiger partial charge in [-0.25, -0.2) is 4.98 Å². The van der Waals surface area contributed by atoms with Crippen LogP contribution in [0, 0.1) is 0 Å². The first kappa shape index (κ1) is 15.2. The molecule has 0 atom stereocenters. The molecule has 1 N–H and O–H groups in total. The number of nitrogens with zero attached hydrogens (tertiary/aromatic N) is 4. The summed E-state index contributed by atoms with van der Waals surface area (Å²) in [6.07, 6.45) is 10.7. The molecule has 0 saturated heterocycles. The van der Waals surface area contributed by atoms with Crippen molar-refractivity contribution < 1.29 is 0 Å². The third-order valence-corrected chi connectivity index (χ3v) is 4.75. The second-order valence-corrected chi connectivity index (χ2v) is 6.43. The van der Waals surface area contributed by atoms with Crippen molar-refractivity contribution in [3.63, 3.8) is 0 Å². The predicted molar refractivity (Wildman–Crippen MR) is 86.7 cm³/mol. The third-order valence-electron chi connectivity index (χ3n) is 4.75. The second-order valence-electron chi connectivity index (χ2n) is 6.43. The van der Waals surface area contributed by atoms with Crippen LogP contribution in [0.15, 0.2) is 11.0 Å². The first-order valence-electron chi connectivity index (χ1n) is 8.26. The van der Waals surface area contributed by atoms with E-state index in [0.717, 1.165) is 5.82 Å². The van der Waals surface area contributed by atoms with Crippen LogP contribution in [0.25, 0.3) is 11.0 Å². The summed E-state index contributed by atoms with van der Waals surface area (Å²) in [4.78, 5) is 21.9. The fourth-order valence-electron chi connectivity index (χ4n) is 3.39. The molecule has 0 unspecified atom stereocenters. The van der Waals surface area contributed by atoms with Crippen molar-refractivity contribution >= 4 is 11.0 Å². The third kappa shape index (κ3) is 3.21. The van der Waals surface area contributed by atoms with E-state index in [1.165, 1.54) is 44.9 Å². The van der Waals surface area contributed by atoms with Gasteiger partial charge in [0.1, 0.15) is 11.2 Å². The Morgan fingerprint density at radius 1 is 1.27 bits per heavy atom. The van der Waals surface area contributed by atoms with Crippen molar-refractivity contribution in [2.75, 3.05) is 7.05 Å². The number of fused-ring (bicyclic) bond motifs is 1. The zero-order valence-corrected chi connectivity index (χ0v) is 13.5. The first-order chi connectivity index (χ1) is 10.6. The molecule has 22 heavy (non-hydrogen) atoms. The lowest BCUT2D eigenvalue weighted by molar-refractivity contribution is 0.191. The molecule has 0 amide bonds. The Balaban J connectivity index is 1.76. The van der Waals surface area contributed by atoms with Gasteiger partial charge in [-0.1, -0.05) is 32.1 Å². The van der Waals surface area contributed by atoms with Crippen molar-refractivity contribution in [2.24, 2.45) is 7.05 Å². The zero-order valence-electron chi connectivity index (χ0n) is 13.5. The molecular weight excluding hydrogens is 278 g/mol. The Kier molecular flexibility index (Phi) is 4.57. The summed E-state index contributed by atoms with van der Waals surface area (Å²) in [5.74, 6) is 0.727. The highest BCUT2D eigenvalue weighted by Gasteiger charge is 2.18. The highest BCUT2D eigenvalue weighted by atomic mass is 16.1. The van der Waals surface area contributed by atoms with Crippen molar-refractivity contribution in [1.82, 2.24) is 24.6 Å². The smallest absolute Gasteiger partial charge is 0.262 e. The highest BCUT2D eigenvalue weighted by molar-refractivity contribution is 5.72. The van der Waals surface area contributed by atoms with Gasteiger partial charge < -0.3 is 4.98 Å². The van der Waals surface area contributed by atoms with E-state index in [-0.39, 0.29) is 5.56 Å². The summed E-state index contributed by atoms with van der Waals surface area (Å²) in [6, 6.07) is 0.591. The zero-order chi connectivity index (χ0) is 15.5.